The molecule has 1 aliphatic rings. The predicted octanol–water partition coefficient (Wildman–Crippen LogP) is 6.45. The molecule has 1 aliphatic heterocycles. The quantitative estimate of drug-likeness (QED) is 0.279. The Labute approximate surface area is 236 Å². The number of nitriles is 1. The number of carbonyl (C=O) groups is 2. The molecule has 3 N–H and O–H groups in total. The van der Waals surface area contributed by atoms with Crippen molar-refractivity contribution in [3.63, 3.8) is 0 Å². The Hall–Kier alpha value is -4.19. The molecule has 0 fully saturated rings. The first-order chi connectivity index (χ1) is 18.9. The molecule has 3 aromatic carbocycles. The molecule has 4 rings (SSSR count). The van der Waals surface area contributed by atoms with Crippen molar-refractivity contribution in [2.45, 2.75) is 19.8 Å². The van der Waals surface area contributed by atoms with Crippen LogP contribution in [0.3, 0.4) is 0 Å². The van der Waals surface area contributed by atoms with E-state index in [-0.39, 0.29) is 17.6 Å². The van der Waals surface area contributed by atoms with Crippen LogP contribution in [0, 0.1) is 11.3 Å². The lowest BCUT2D eigenvalue weighted by molar-refractivity contribution is -0.114. The van der Waals surface area contributed by atoms with Crippen LogP contribution >= 0.6 is 23.4 Å². The first kappa shape index (κ1) is 27.8. The normalized spacial score (nSPS) is 14.8. The molecule has 0 aliphatic carbocycles. The fraction of sp³-hybridized carbons (Fsp3) is 0.167. The van der Waals surface area contributed by atoms with Gasteiger partial charge in [0.1, 0.15) is 5.75 Å². The van der Waals surface area contributed by atoms with Crippen molar-refractivity contribution in [1.29, 1.82) is 5.26 Å². The molecule has 1 atom stereocenters. The van der Waals surface area contributed by atoms with Crippen LogP contribution in [0.15, 0.2) is 101 Å². The topological polar surface area (TPSA) is 103 Å². The number of dihydropyridines is 1. The first-order valence-corrected chi connectivity index (χ1v) is 13.7. The molecule has 198 valence electrons. The highest BCUT2D eigenvalue weighted by atomic mass is 35.5. The minimum atomic E-state index is -0.724. The lowest BCUT2D eigenvalue weighted by Crippen LogP contribution is -2.31. The fourth-order valence-corrected chi connectivity index (χ4v) is 5.38. The molecule has 0 saturated carbocycles. The smallest absolute Gasteiger partial charge is 0.254 e. The van der Waals surface area contributed by atoms with Crippen molar-refractivity contribution in [2.75, 3.05) is 23.0 Å². The second-order valence-electron chi connectivity index (χ2n) is 8.56. The van der Waals surface area contributed by atoms with Gasteiger partial charge in [-0.15, -0.1) is 0 Å². The van der Waals surface area contributed by atoms with Crippen molar-refractivity contribution in [3.8, 4) is 11.8 Å². The molecule has 39 heavy (non-hydrogen) atoms. The number of amides is 2. The van der Waals surface area contributed by atoms with Crippen molar-refractivity contribution < 1.29 is 14.3 Å². The average Bonchev–Trinajstić information content (AvgIpc) is 2.93. The minimum absolute atomic E-state index is 0.0298. The van der Waals surface area contributed by atoms with E-state index >= 15 is 0 Å². The van der Waals surface area contributed by atoms with Gasteiger partial charge in [-0.05, 0) is 49.7 Å². The van der Waals surface area contributed by atoms with Gasteiger partial charge in [0.2, 0.25) is 5.91 Å². The highest BCUT2D eigenvalue weighted by Crippen LogP contribution is 2.43. The van der Waals surface area contributed by atoms with Crippen molar-refractivity contribution in [3.05, 3.63) is 111 Å². The molecule has 3 aromatic rings. The Morgan fingerprint density at radius 2 is 1.72 bits per heavy atom. The van der Waals surface area contributed by atoms with Gasteiger partial charge in [0.25, 0.3) is 5.91 Å². The molecule has 0 bridgehead atoms. The number of anilines is 2. The van der Waals surface area contributed by atoms with E-state index in [1.165, 1.54) is 11.8 Å². The zero-order valence-electron chi connectivity index (χ0n) is 21.5. The standard InChI is InChI=1S/C30H27ClN4O3S/c1-3-38-25-16-10-9-15-24(25)35-26(36)18-39-30-22(17-32)28(21-13-7-8-14-23(21)31)27(19(2)33-30)29(37)34-20-11-5-4-6-12-20/h4-16,28,33H,3,18H2,1-2H3,(H,34,37)(H,35,36). The summed E-state index contributed by atoms with van der Waals surface area (Å²) in [6.07, 6.45) is 0. The van der Waals surface area contributed by atoms with E-state index < -0.39 is 5.92 Å². The number of hydrogen-bond acceptors (Lipinski definition) is 6. The monoisotopic (exact) mass is 558 g/mol. The summed E-state index contributed by atoms with van der Waals surface area (Å²) >= 11 is 7.76. The number of benzene rings is 3. The number of carbonyl (C=O) groups excluding carboxylic acids is 2. The minimum Gasteiger partial charge on any atom is -0.492 e. The van der Waals surface area contributed by atoms with Crippen LogP contribution in [0.5, 0.6) is 5.75 Å². The zero-order chi connectivity index (χ0) is 27.8. The summed E-state index contributed by atoms with van der Waals surface area (Å²) in [6, 6.07) is 25.7. The van der Waals surface area contributed by atoms with Gasteiger partial charge in [-0.3, -0.25) is 9.59 Å². The fourth-order valence-electron chi connectivity index (χ4n) is 4.24. The average molecular weight is 559 g/mol. The van der Waals surface area contributed by atoms with E-state index in [4.69, 9.17) is 16.3 Å². The van der Waals surface area contributed by atoms with Gasteiger partial charge >= 0.3 is 0 Å². The number of rotatable bonds is 9. The Morgan fingerprint density at radius 3 is 2.44 bits per heavy atom. The summed E-state index contributed by atoms with van der Waals surface area (Å²) in [7, 11) is 0. The van der Waals surface area contributed by atoms with E-state index in [1.807, 2.05) is 43.3 Å². The van der Waals surface area contributed by atoms with Gasteiger partial charge in [-0.2, -0.15) is 5.26 Å². The van der Waals surface area contributed by atoms with E-state index in [9.17, 15) is 14.9 Å². The number of allylic oxidation sites excluding steroid dienone is 2. The summed E-state index contributed by atoms with van der Waals surface area (Å²) < 4.78 is 5.59. The molecule has 0 saturated heterocycles. The molecular weight excluding hydrogens is 532 g/mol. The lowest BCUT2D eigenvalue weighted by Gasteiger charge is -2.30. The van der Waals surface area contributed by atoms with Gasteiger partial charge in [0, 0.05) is 22.0 Å². The molecule has 2 amide bonds. The van der Waals surface area contributed by atoms with Crippen molar-refractivity contribution in [2.24, 2.45) is 0 Å². The third kappa shape index (κ3) is 6.63. The number of nitrogens with one attached hydrogen (secondary N) is 3. The second-order valence-corrected chi connectivity index (χ2v) is 9.95. The zero-order valence-corrected chi connectivity index (χ0v) is 23.0. The lowest BCUT2D eigenvalue weighted by atomic mass is 9.82. The maximum absolute atomic E-state index is 13.5. The van der Waals surface area contributed by atoms with Crippen LogP contribution in [0.2, 0.25) is 5.02 Å². The number of halogens is 1. The molecule has 0 radical (unpaired) electrons. The van der Waals surface area contributed by atoms with Crippen molar-refractivity contribution >= 4 is 46.6 Å². The highest BCUT2D eigenvalue weighted by molar-refractivity contribution is 8.03. The predicted molar refractivity (Wildman–Crippen MR) is 156 cm³/mol. The Morgan fingerprint density at radius 1 is 1.03 bits per heavy atom. The molecule has 0 spiro atoms. The molecule has 1 unspecified atom stereocenters. The summed E-state index contributed by atoms with van der Waals surface area (Å²) in [5.41, 5.74) is 3.08. The third-order valence-corrected chi connectivity index (χ3v) is 7.31. The van der Waals surface area contributed by atoms with E-state index in [1.54, 1.807) is 49.4 Å². The second kappa shape index (κ2) is 13.1. The number of thioether (sulfide) groups is 1. The number of ether oxygens (including phenoxy) is 1. The molecular formula is C30H27ClN4O3S. The number of nitrogens with zero attached hydrogens (tertiary/aromatic N) is 1. The molecule has 0 aromatic heterocycles. The molecule has 9 heteroatoms. The third-order valence-electron chi connectivity index (χ3n) is 5.95. The highest BCUT2D eigenvalue weighted by Gasteiger charge is 2.36. The van der Waals surface area contributed by atoms with Gasteiger partial charge < -0.3 is 20.7 Å². The summed E-state index contributed by atoms with van der Waals surface area (Å²) in [5, 5.41) is 20.2. The summed E-state index contributed by atoms with van der Waals surface area (Å²) in [6.45, 7) is 4.12. The Balaban J connectivity index is 1.62. The van der Waals surface area contributed by atoms with Crippen LogP contribution in [0.1, 0.15) is 25.3 Å². The Bertz CT molecular complexity index is 1480. The maximum Gasteiger partial charge on any atom is 0.254 e. The maximum atomic E-state index is 13.5. The van der Waals surface area contributed by atoms with Crippen LogP contribution < -0.4 is 20.7 Å². The first-order valence-electron chi connectivity index (χ1n) is 12.3. The van der Waals surface area contributed by atoms with Crippen LogP contribution in [0.25, 0.3) is 0 Å². The van der Waals surface area contributed by atoms with Crippen LogP contribution in [-0.4, -0.2) is 24.2 Å². The molecule has 1 heterocycles. The van der Waals surface area contributed by atoms with Gasteiger partial charge in [-0.25, -0.2) is 0 Å². The van der Waals surface area contributed by atoms with Crippen LogP contribution in [-0.2, 0) is 9.59 Å². The van der Waals surface area contributed by atoms with Gasteiger partial charge in [-0.1, -0.05) is 71.9 Å². The van der Waals surface area contributed by atoms with E-state index in [0.717, 1.165) is 0 Å². The molecule has 7 nitrogen and oxygen atoms in total. The summed E-state index contributed by atoms with van der Waals surface area (Å²) in [5.74, 6) is -0.724. The number of hydrogen-bond donors (Lipinski definition) is 3. The summed E-state index contributed by atoms with van der Waals surface area (Å²) in [4.78, 5) is 26.4. The van der Waals surface area contributed by atoms with Gasteiger partial charge in [0.15, 0.2) is 0 Å². The van der Waals surface area contributed by atoms with Crippen molar-refractivity contribution in [1.82, 2.24) is 5.32 Å². The largest absolute Gasteiger partial charge is 0.492 e. The Kier molecular flexibility index (Phi) is 9.31. The van der Waals surface area contributed by atoms with E-state index in [2.05, 4.69) is 22.0 Å². The SMILES string of the molecule is CCOc1ccccc1NC(=O)CSC1=C(C#N)C(c2ccccc2Cl)C(C(=O)Nc2ccccc2)=C(C)N1. The van der Waals surface area contributed by atoms with Gasteiger partial charge in [0.05, 0.1) is 40.6 Å². The number of para-hydroxylation sites is 3. The van der Waals surface area contributed by atoms with Crippen LogP contribution in [0.4, 0.5) is 11.4 Å². The van der Waals surface area contributed by atoms with E-state index in [0.29, 0.717) is 56.2 Å².